The van der Waals surface area contributed by atoms with Crippen LogP contribution in [0.25, 0.3) is 0 Å². The Morgan fingerprint density at radius 3 is 1.08 bits per heavy atom. The highest BCUT2D eigenvalue weighted by Crippen LogP contribution is 2.30. The van der Waals surface area contributed by atoms with Crippen molar-refractivity contribution in [2.45, 2.75) is 290 Å². The van der Waals surface area contributed by atoms with Gasteiger partial charge in [-0.3, -0.25) is 71.9 Å². The second-order valence-electron chi connectivity index (χ2n) is 35.9. The number of nitrogens with two attached hydrogens (primary N) is 1. The molecule has 3 unspecified atom stereocenters. The summed E-state index contributed by atoms with van der Waals surface area (Å²) in [7, 11) is -7.54. The number of hydrogen-bond donors (Lipinski definition) is 20. The molecule has 137 heavy (non-hydrogen) atoms. The van der Waals surface area contributed by atoms with Gasteiger partial charge in [0.25, 0.3) is 10.0 Å². The maximum atomic E-state index is 12.0. The number of carbonyl (C=O) groups excluding carboxylic acids is 10. The number of aromatic carboxylic acids is 1. The van der Waals surface area contributed by atoms with Crippen LogP contribution in [0.4, 0.5) is 17.1 Å². The molecule has 0 fully saturated rings. The van der Waals surface area contributed by atoms with Crippen LogP contribution < -0.4 is 47.1 Å². The van der Waals surface area contributed by atoms with Gasteiger partial charge < -0.3 is 103 Å². The van der Waals surface area contributed by atoms with Crippen molar-refractivity contribution in [1.29, 1.82) is 0 Å². The summed E-state index contributed by atoms with van der Waals surface area (Å²) >= 11 is 0. The van der Waals surface area contributed by atoms with Gasteiger partial charge >= 0.3 is 59.7 Å². The van der Waals surface area contributed by atoms with Gasteiger partial charge in [0.2, 0.25) is 62.9 Å². The van der Waals surface area contributed by atoms with E-state index in [0.29, 0.717) is 55.6 Å². The number of aliphatic hydroxyl groups excluding tert-OH is 3. The SMILES string of the molecule is CCC(C)(C)C(=O)NC(CC(=O)O)C(=O)O.CCC(C)(C)C(=O)NC(CO)(CO)CO.CCC(C)(C)C(=O)NCC(=O)O.CCC(C)(C)C(=O)Nc1ccc(C(=O)O)cc1.CCC(C)(C)C(=O)Nc1ccc(S(=O)(=O)NC(C)=O)cc1.CCC(C)(C)C(=O)Nc1ccc(S(N)(=O)=O)cc1.CCC(C)(C)C(=O)OCCCC(=O)OC(CC(=O)O)(CC(=O)O)C(=O)O.CCC(C)C(=O)NC(C)C(=O)O. The highest BCUT2D eigenvalue weighted by molar-refractivity contribution is 7.90. The third-order valence-electron chi connectivity index (χ3n) is 21.7. The topological polar surface area (TPSA) is 739 Å². The molecule has 21 N–H and O–H groups in total. The van der Waals surface area contributed by atoms with E-state index in [1.54, 1.807) is 81.4 Å². The molecular weight excluding hydrogens is 1840 g/mol. The Morgan fingerprint density at radius 1 is 0.431 bits per heavy atom. The summed E-state index contributed by atoms with van der Waals surface area (Å²) in [5.41, 5.74) is -5.98. The lowest BCUT2D eigenvalue weighted by molar-refractivity contribution is -0.186. The zero-order valence-electron chi connectivity index (χ0n) is 83.0. The molecule has 0 aliphatic rings. The standard InChI is InChI=1S/C16H24O10.C14H20N2O4S.C13H17NO3.C12H18N2O3S.C10H17NO5.C10H21NO4.2C8H15NO3/c1-4-15(2,3)14(24)25-7-5-6-12(21)26-16(13(22)23,8-10(17)18)9-11(19)20;1-5-14(3,4)13(18)15-11-6-8-12(9-7-11)21(19,20)16-10(2)17;1-4-13(2,3)12(17)14-10-7-5-9(6-8-10)11(15)16;1-4-12(2,3)11(15)14-9-5-7-10(8-6-9)18(13,16)17;1-4-10(2,3)9(16)11-6(8(14)15)5-7(12)13;1-4-9(2,3)8(15)11-10(5-12,6-13)7-14;1-4-8(2,3)7(12)9-5-6(10)11;1-4-5(2)7(10)9-6(3)8(11)12/h4-9H2,1-3H3,(H,17,18)(H,19,20)(H,22,23);6-9H,5H2,1-4H3,(H,15,18)(H,16,17);5-8H,4H2,1-3H3,(H,14,17)(H,15,16);5-8H,4H2,1-3H3,(H,14,15)(H2,13,16,17);6H,4-5H2,1-3H3,(H,11,16)(H,12,13)(H,14,15);12-14H,4-7H2,1-3H3,(H,11,15);4-5H2,1-3H3,(H,9,12)(H,10,11);5-6H,4H2,1-3H3,(H,9,10)(H,11,12). The molecular formula is C91H147N9O35S2. The monoisotopic (exact) mass is 1990 g/mol. The zero-order chi connectivity index (χ0) is 108. The number of primary sulfonamides is 1. The molecule has 3 aromatic carbocycles. The van der Waals surface area contributed by atoms with Gasteiger partial charge in [-0.25, -0.2) is 41.1 Å². The number of anilines is 3. The average Bonchev–Trinajstić information content (AvgIpc) is 0.808. The average molecular weight is 1990 g/mol. The van der Waals surface area contributed by atoms with Gasteiger partial charge in [-0.1, -0.05) is 145 Å². The summed E-state index contributed by atoms with van der Waals surface area (Å²) in [6, 6.07) is 15.3. The smallest absolute Gasteiger partial charge is 0.349 e. The molecule has 0 aliphatic carbocycles. The number of carbonyl (C=O) groups is 18. The first-order chi connectivity index (χ1) is 62.4. The van der Waals surface area contributed by atoms with Crippen LogP contribution in [-0.4, -0.2) is 236 Å². The highest BCUT2D eigenvalue weighted by Gasteiger charge is 2.47. The summed E-state index contributed by atoms with van der Waals surface area (Å²) in [5.74, 6) is -14.5. The molecule has 0 bridgehead atoms. The van der Waals surface area contributed by atoms with E-state index in [1.165, 1.54) is 67.6 Å². The van der Waals surface area contributed by atoms with Crippen LogP contribution in [0, 0.1) is 43.8 Å². The van der Waals surface area contributed by atoms with Crippen LogP contribution in [0.15, 0.2) is 82.6 Å². The van der Waals surface area contributed by atoms with Crippen molar-refractivity contribution < 1.29 is 169 Å². The van der Waals surface area contributed by atoms with E-state index in [0.717, 1.165) is 19.8 Å². The number of sulfonamides is 2. The molecule has 778 valence electrons. The first-order valence-corrected chi connectivity index (χ1v) is 46.5. The molecule has 0 heterocycles. The first kappa shape index (κ1) is 133. The van der Waals surface area contributed by atoms with Gasteiger partial charge in [-0.05, 0) is 151 Å². The Bertz CT molecular complexity index is 4710. The Balaban J connectivity index is -0.000000490. The number of carboxylic acids is 8. The van der Waals surface area contributed by atoms with E-state index in [1.807, 2.05) is 94.7 Å². The number of nitrogens with one attached hydrogen (secondary N) is 8. The number of ether oxygens (including phenoxy) is 2. The van der Waals surface area contributed by atoms with Gasteiger partial charge in [0.05, 0.1) is 66.5 Å². The molecule has 3 atom stereocenters. The molecule has 0 radical (unpaired) electrons. The van der Waals surface area contributed by atoms with Crippen molar-refractivity contribution in [1.82, 2.24) is 26.0 Å². The minimum absolute atomic E-state index is 0.0141. The number of amides is 8. The van der Waals surface area contributed by atoms with Crippen molar-refractivity contribution in [2.24, 2.45) is 49.0 Å². The fraction of sp³-hybridized carbons (Fsp3) is 0.604. The minimum atomic E-state index is -3.85. The lowest BCUT2D eigenvalue weighted by Crippen LogP contribution is -2.59. The molecule has 0 saturated heterocycles. The molecule has 0 spiro atoms. The van der Waals surface area contributed by atoms with Crippen LogP contribution in [0.2, 0.25) is 0 Å². The maximum absolute atomic E-state index is 12.0. The van der Waals surface area contributed by atoms with E-state index < -0.39 is 192 Å². The van der Waals surface area contributed by atoms with Gasteiger partial charge in [0, 0.05) is 68.8 Å². The molecule has 46 heteroatoms. The fourth-order valence-corrected chi connectivity index (χ4v) is 9.97. The molecule has 8 amide bonds. The third-order valence-corrected chi connectivity index (χ3v) is 24.1. The molecule has 3 aromatic rings. The summed E-state index contributed by atoms with van der Waals surface area (Å²) in [6.07, 6.45) is 1.93. The van der Waals surface area contributed by atoms with Crippen LogP contribution >= 0.6 is 0 Å². The Kier molecular flexibility index (Phi) is 59.5. The molecule has 0 aromatic heterocycles. The van der Waals surface area contributed by atoms with Gasteiger partial charge in [0.15, 0.2) is 0 Å². The third kappa shape index (κ3) is 52.7. The normalized spacial score (nSPS) is 12.1. The lowest BCUT2D eigenvalue weighted by atomic mass is 9.87. The number of benzene rings is 3. The summed E-state index contributed by atoms with van der Waals surface area (Å²) < 4.78 is 57.2. The molecule has 0 saturated carbocycles. The van der Waals surface area contributed by atoms with Crippen molar-refractivity contribution in [3.05, 3.63) is 78.4 Å². The summed E-state index contributed by atoms with van der Waals surface area (Å²) in [5, 5.41) is 119. The van der Waals surface area contributed by atoms with Crippen molar-refractivity contribution in [3.8, 4) is 0 Å². The van der Waals surface area contributed by atoms with Gasteiger partial charge in [-0.15, -0.1) is 0 Å². The lowest BCUT2D eigenvalue weighted by Gasteiger charge is -2.33. The minimum Gasteiger partial charge on any atom is -0.481 e. The fourth-order valence-electron chi connectivity index (χ4n) is 8.47. The predicted octanol–water partition coefficient (Wildman–Crippen LogP) is 8.38. The van der Waals surface area contributed by atoms with E-state index in [-0.39, 0.29) is 82.7 Å². The van der Waals surface area contributed by atoms with Gasteiger partial charge in [0.1, 0.15) is 24.2 Å². The van der Waals surface area contributed by atoms with E-state index in [9.17, 15) is 103 Å². The molecule has 3 rings (SSSR count). The van der Waals surface area contributed by atoms with E-state index in [4.69, 9.17) is 66.0 Å². The molecule has 44 nitrogen and oxygen atoms in total. The number of hydrogen-bond acceptors (Lipinski definition) is 27. The summed E-state index contributed by atoms with van der Waals surface area (Å²) in [4.78, 5) is 201. The Labute approximate surface area is 800 Å². The summed E-state index contributed by atoms with van der Waals surface area (Å²) in [6.45, 7) is 42.4. The number of carboxylic acid groups (broad SMARTS) is 8. The quantitative estimate of drug-likeness (QED) is 0.0186. The number of esters is 2. The predicted molar refractivity (Wildman–Crippen MR) is 504 cm³/mol. The number of aliphatic hydroxyl groups is 3. The van der Waals surface area contributed by atoms with Gasteiger partial charge in [-0.2, -0.15) is 0 Å². The highest BCUT2D eigenvalue weighted by atomic mass is 32.2. The van der Waals surface area contributed by atoms with Crippen molar-refractivity contribution >= 4 is 144 Å². The van der Waals surface area contributed by atoms with E-state index in [2.05, 4.69) is 42.0 Å². The maximum Gasteiger partial charge on any atom is 0.349 e. The Hall–Kier alpha value is -12.1. The number of rotatable bonds is 45. The molecule has 0 aliphatic heterocycles. The van der Waals surface area contributed by atoms with E-state index >= 15 is 0 Å². The zero-order valence-corrected chi connectivity index (χ0v) is 84.6. The first-order valence-electron chi connectivity index (χ1n) is 43.5. The Morgan fingerprint density at radius 2 is 0.781 bits per heavy atom. The number of aliphatic carboxylic acids is 7. The van der Waals surface area contributed by atoms with Crippen molar-refractivity contribution in [3.63, 3.8) is 0 Å². The van der Waals surface area contributed by atoms with Crippen LogP contribution in [0.5, 0.6) is 0 Å². The van der Waals surface area contributed by atoms with Crippen LogP contribution in [0.3, 0.4) is 0 Å². The van der Waals surface area contributed by atoms with Crippen molar-refractivity contribution in [2.75, 3.05) is 48.9 Å². The van der Waals surface area contributed by atoms with Crippen LogP contribution in [-0.2, 0) is 111 Å². The van der Waals surface area contributed by atoms with Crippen LogP contribution in [0.1, 0.15) is 267 Å². The second kappa shape index (κ2) is 61.1. The second-order valence-corrected chi connectivity index (χ2v) is 39.2. The largest absolute Gasteiger partial charge is 0.481 e.